The van der Waals surface area contributed by atoms with Gasteiger partial charge in [-0.15, -0.1) is 0 Å². The van der Waals surface area contributed by atoms with E-state index < -0.39 is 6.09 Å². The van der Waals surface area contributed by atoms with Crippen LogP contribution in [0.2, 0.25) is 0 Å². The first kappa shape index (κ1) is 15.1. The van der Waals surface area contributed by atoms with Crippen molar-refractivity contribution in [3.63, 3.8) is 0 Å². The highest BCUT2D eigenvalue weighted by molar-refractivity contribution is 5.95. The van der Waals surface area contributed by atoms with Gasteiger partial charge in [-0.3, -0.25) is 4.79 Å². The van der Waals surface area contributed by atoms with Crippen molar-refractivity contribution in [2.24, 2.45) is 0 Å². The summed E-state index contributed by atoms with van der Waals surface area (Å²) in [6.07, 6.45) is 0.180. The molecule has 2 aromatic carbocycles. The average molecular weight is 309 g/mol. The molecule has 5 nitrogen and oxygen atoms in total. The van der Waals surface area contributed by atoms with Crippen LogP contribution < -0.4 is 14.9 Å². The molecule has 0 unspecified atom stereocenters. The van der Waals surface area contributed by atoms with Gasteiger partial charge in [-0.1, -0.05) is 30.3 Å². The van der Waals surface area contributed by atoms with Gasteiger partial charge < -0.3 is 19.7 Å². The van der Waals surface area contributed by atoms with E-state index in [1.807, 2.05) is 30.3 Å². The fraction of sp³-hybridized carbons (Fsp3) is 0.222. The van der Waals surface area contributed by atoms with E-state index in [-0.39, 0.29) is 12.5 Å². The van der Waals surface area contributed by atoms with Crippen molar-refractivity contribution in [2.45, 2.75) is 19.4 Å². The molecule has 23 heavy (non-hydrogen) atoms. The topological polar surface area (TPSA) is 63.7 Å². The summed E-state index contributed by atoms with van der Waals surface area (Å²) in [6, 6.07) is 16.3. The van der Waals surface area contributed by atoms with Crippen molar-refractivity contribution < 1.29 is 14.7 Å². The van der Waals surface area contributed by atoms with E-state index in [1.165, 1.54) is 4.90 Å². The molecule has 2 amide bonds. The lowest BCUT2D eigenvalue weighted by Crippen LogP contribution is -2.40. The number of nitrogens with zero attached hydrogens (tertiary/aromatic N) is 2. The largest absolute Gasteiger partial charge is 0.530 e. The van der Waals surface area contributed by atoms with Crippen LogP contribution in [-0.4, -0.2) is 18.5 Å². The Kier molecular flexibility index (Phi) is 4.28. The van der Waals surface area contributed by atoms with E-state index in [1.54, 1.807) is 29.2 Å². The normalized spacial score (nSPS) is 14.1. The van der Waals surface area contributed by atoms with Gasteiger partial charge in [0.25, 0.3) is 0 Å². The van der Waals surface area contributed by atoms with Gasteiger partial charge in [0.2, 0.25) is 5.91 Å². The van der Waals surface area contributed by atoms with Crippen molar-refractivity contribution in [1.82, 2.24) is 0 Å². The molecule has 1 aliphatic heterocycles. The molecule has 1 saturated heterocycles. The minimum Gasteiger partial charge on any atom is -0.530 e. The average Bonchev–Trinajstić information content (AvgIpc) is 3.00. The number of carbonyl (C=O) groups excluding carboxylic acids is 2. The monoisotopic (exact) mass is 309 g/mol. The molecule has 0 aromatic heterocycles. The fourth-order valence-electron chi connectivity index (χ4n) is 2.76. The van der Waals surface area contributed by atoms with Crippen LogP contribution >= 0.6 is 0 Å². The molecule has 0 N–H and O–H groups in total. The lowest BCUT2D eigenvalue weighted by Gasteiger charge is -2.26. The Morgan fingerprint density at radius 1 is 1.09 bits per heavy atom. The summed E-state index contributed by atoms with van der Waals surface area (Å²) >= 11 is 0. The summed E-state index contributed by atoms with van der Waals surface area (Å²) in [6.45, 7) is 0.942. The zero-order chi connectivity index (χ0) is 16.2. The highest BCUT2D eigenvalue weighted by Crippen LogP contribution is 2.25. The Hall–Kier alpha value is -2.82. The maximum absolute atomic E-state index is 11.8. The van der Waals surface area contributed by atoms with Crippen LogP contribution in [0, 0.1) is 0 Å². The van der Waals surface area contributed by atoms with Gasteiger partial charge in [-0.05, 0) is 36.2 Å². The molecule has 0 aliphatic carbocycles. The first-order chi connectivity index (χ1) is 11.1. The summed E-state index contributed by atoms with van der Waals surface area (Å²) in [5, 5.41) is 11.4. The number of amides is 2. The van der Waals surface area contributed by atoms with Crippen molar-refractivity contribution in [3.8, 4) is 0 Å². The standard InChI is InChI=1S/C18H18N2O3/c21-17-7-4-12-19(17)15-8-10-16(11-9-15)20(18(22)23)13-14-5-2-1-3-6-14/h1-3,5-6,8-11H,4,7,12-13H2,(H,22,23)/p-1. The van der Waals surface area contributed by atoms with Gasteiger partial charge in [-0.25, -0.2) is 0 Å². The maximum Gasteiger partial charge on any atom is 0.227 e. The van der Waals surface area contributed by atoms with Crippen LogP contribution in [0.25, 0.3) is 0 Å². The zero-order valence-electron chi connectivity index (χ0n) is 12.6. The molecule has 118 valence electrons. The van der Waals surface area contributed by atoms with Crippen LogP contribution in [0.4, 0.5) is 16.2 Å². The van der Waals surface area contributed by atoms with E-state index in [2.05, 4.69) is 0 Å². The predicted molar refractivity (Wildman–Crippen MR) is 86.1 cm³/mol. The molecule has 0 bridgehead atoms. The number of rotatable bonds is 4. The SMILES string of the molecule is O=C([O-])N(Cc1ccccc1)c1ccc(N2CCCC2=O)cc1. The second-order valence-corrected chi connectivity index (χ2v) is 5.50. The van der Waals surface area contributed by atoms with E-state index in [0.717, 1.165) is 17.7 Å². The Morgan fingerprint density at radius 3 is 2.35 bits per heavy atom. The molecule has 1 fully saturated rings. The minimum absolute atomic E-state index is 0.110. The first-order valence-corrected chi connectivity index (χ1v) is 7.58. The summed E-state index contributed by atoms with van der Waals surface area (Å²) in [4.78, 5) is 26.1. The van der Waals surface area contributed by atoms with Crippen molar-refractivity contribution >= 4 is 23.4 Å². The van der Waals surface area contributed by atoms with E-state index >= 15 is 0 Å². The number of hydrogen-bond acceptors (Lipinski definition) is 3. The lowest BCUT2D eigenvalue weighted by atomic mass is 10.2. The molecule has 0 spiro atoms. The smallest absolute Gasteiger partial charge is 0.227 e. The predicted octanol–water partition coefficient (Wildman–Crippen LogP) is 2.16. The van der Waals surface area contributed by atoms with Gasteiger partial charge >= 0.3 is 0 Å². The molecule has 0 saturated carbocycles. The van der Waals surface area contributed by atoms with Crippen LogP contribution in [0.3, 0.4) is 0 Å². The summed E-state index contributed by atoms with van der Waals surface area (Å²) in [5.41, 5.74) is 2.22. The van der Waals surface area contributed by atoms with Crippen molar-refractivity contribution in [3.05, 3.63) is 60.2 Å². The van der Waals surface area contributed by atoms with Crippen LogP contribution in [0.1, 0.15) is 18.4 Å². The first-order valence-electron chi connectivity index (χ1n) is 7.58. The van der Waals surface area contributed by atoms with Crippen LogP contribution in [0.5, 0.6) is 0 Å². The third-order valence-electron chi connectivity index (χ3n) is 3.95. The molecular weight excluding hydrogens is 292 g/mol. The molecule has 2 aromatic rings. The molecule has 1 aliphatic rings. The number of hydrogen-bond donors (Lipinski definition) is 0. The third-order valence-corrected chi connectivity index (χ3v) is 3.95. The van der Waals surface area contributed by atoms with Gasteiger partial charge in [0.05, 0.1) is 0 Å². The van der Waals surface area contributed by atoms with Crippen molar-refractivity contribution in [1.29, 1.82) is 0 Å². The Balaban J connectivity index is 1.80. The second kappa shape index (κ2) is 6.52. The van der Waals surface area contributed by atoms with E-state index in [0.29, 0.717) is 18.7 Å². The van der Waals surface area contributed by atoms with Crippen LogP contribution in [-0.2, 0) is 11.3 Å². The second-order valence-electron chi connectivity index (χ2n) is 5.50. The molecule has 0 radical (unpaired) electrons. The van der Waals surface area contributed by atoms with Gasteiger partial charge in [-0.2, -0.15) is 0 Å². The summed E-state index contributed by atoms with van der Waals surface area (Å²) in [5.74, 6) is 0.110. The number of carboxylic acid groups (broad SMARTS) is 1. The molecule has 5 heteroatoms. The highest BCUT2D eigenvalue weighted by Gasteiger charge is 2.21. The van der Waals surface area contributed by atoms with E-state index in [4.69, 9.17) is 0 Å². The molecular formula is C18H17N2O3-. The van der Waals surface area contributed by atoms with Gasteiger partial charge in [0.15, 0.2) is 0 Å². The minimum atomic E-state index is -1.25. The Labute approximate surface area is 134 Å². The molecule has 1 heterocycles. The van der Waals surface area contributed by atoms with E-state index in [9.17, 15) is 14.7 Å². The number of carbonyl (C=O) groups is 2. The molecule has 0 atom stereocenters. The quantitative estimate of drug-likeness (QED) is 0.869. The van der Waals surface area contributed by atoms with Gasteiger partial charge in [0, 0.05) is 30.9 Å². The van der Waals surface area contributed by atoms with Crippen LogP contribution in [0.15, 0.2) is 54.6 Å². The zero-order valence-corrected chi connectivity index (χ0v) is 12.6. The lowest BCUT2D eigenvalue weighted by molar-refractivity contribution is -0.246. The third kappa shape index (κ3) is 3.34. The van der Waals surface area contributed by atoms with Crippen molar-refractivity contribution in [2.75, 3.05) is 16.3 Å². The summed E-state index contributed by atoms with van der Waals surface area (Å²) < 4.78 is 0. The number of benzene rings is 2. The summed E-state index contributed by atoms with van der Waals surface area (Å²) in [7, 11) is 0. The fourth-order valence-corrected chi connectivity index (χ4v) is 2.76. The van der Waals surface area contributed by atoms with Gasteiger partial charge in [0.1, 0.15) is 6.09 Å². The maximum atomic E-state index is 11.8. The Morgan fingerprint density at radius 2 is 1.78 bits per heavy atom. The Bertz CT molecular complexity index is 698. The number of anilines is 2. The molecule has 3 rings (SSSR count). The highest BCUT2D eigenvalue weighted by atomic mass is 16.4.